The molecule has 1 amide bonds. The Morgan fingerprint density at radius 1 is 1.50 bits per heavy atom. The fourth-order valence-electron chi connectivity index (χ4n) is 1.67. The number of nitro benzene ring substituents is 1. The molecular formula is C13H16N4O3. The molecule has 20 heavy (non-hydrogen) atoms. The zero-order chi connectivity index (χ0) is 15.3. The molecule has 1 aromatic rings. The first-order valence-corrected chi connectivity index (χ1v) is 6.16. The second-order valence-corrected chi connectivity index (χ2v) is 4.42. The fraction of sp³-hybridized carbons (Fsp3) is 0.385. The van der Waals surface area contributed by atoms with Gasteiger partial charge in [0.1, 0.15) is 6.07 Å². The van der Waals surface area contributed by atoms with Crippen molar-refractivity contribution in [3.63, 3.8) is 0 Å². The van der Waals surface area contributed by atoms with Crippen LogP contribution < -0.4 is 11.1 Å². The molecule has 0 aromatic heterocycles. The summed E-state index contributed by atoms with van der Waals surface area (Å²) in [6.45, 7) is 3.59. The van der Waals surface area contributed by atoms with E-state index in [1.165, 1.54) is 12.1 Å². The number of hydrogen-bond donors (Lipinski definition) is 2. The molecule has 0 aliphatic rings. The third-order valence-corrected chi connectivity index (χ3v) is 3.30. The van der Waals surface area contributed by atoms with Gasteiger partial charge in [-0.2, -0.15) is 5.26 Å². The van der Waals surface area contributed by atoms with Gasteiger partial charge in [0.15, 0.2) is 0 Å². The highest BCUT2D eigenvalue weighted by Crippen LogP contribution is 2.23. The number of nitrogens with two attached hydrogens (primary N) is 1. The van der Waals surface area contributed by atoms with E-state index in [4.69, 9.17) is 11.0 Å². The van der Waals surface area contributed by atoms with Crippen molar-refractivity contribution in [2.45, 2.75) is 32.2 Å². The third kappa shape index (κ3) is 3.10. The van der Waals surface area contributed by atoms with E-state index >= 15 is 0 Å². The molecule has 0 unspecified atom stereocenters. The van der Waals surface area contributed by atoms with Crippen LogP contribution in [0.1, 0.15) is 32.3 Å². The van der Waals surface area contributed by atoms with Crippen molar-refractivity contribution >= 4 is 17.3 Å². The van der Waals surface area contributed by atoms with Crippen molar-refractivity contribution < 1.29 is 9.72 Å². The topological polar surface area (TPSA) is 122 Å². The number of carbonyl (C=O) groups excluding carboxylic acids is 1. The summed E-state index contributed by atoms with van der Waals surface area (Å²) in [4.78, 5) is 22.1. The van der Waals surface area contributed by atoms with E-state index in [2.05, 4.69) is 5.32 Å². The molecule has 7 heteroatoms. The monoisotopic (exact) mass is 276 g/mol. The Labute approximate surface area is 116 Å². The highest BCUT2D eigenvalue weighted by molar-refractivity contribution is 5.98. The van der Waals surface area contributed by atoms with Gasteiger partial charge in [0.05, 0.1) is 21.7 Å². The van der Waals surface area contributed by atoms with Crippen LogP contribution in [0, 0.1) is 21.4 Å². The van der Waals surface area contributed by atoms with Gasteiger partial charge in [0, 0.05) is 12.1 Å². The molecule has 3 N–H and O–H groups in total. The van der Waals surface area contributed by atoms with Crippen molar-refractivity contribution in [1.29, 1.82) is 5.26 Å². The minimum atomic E-state index is -1.02. The minimum absolute atomic E-state index is 0.0297. The van der Waals surface area contributed by atoms with E-state index < -0.39 is 16.4 Å². The SMILES string of the molecule is CCC(N)(CC)C(=O)Nc1ccc([N+](=O)[O-])cc1C#N. The Balaban J connectivity index is 3.08. The largest absolute Gasteiger partial charge is 0.323 e. The van der Waals surface area contributed by atoms with E-state index in [9.17, 15) is 14.9 Å². The average molecular weight is 276 g/mol. The van der Waals surface area contributed by atoms with Crippen LogP contribution in [-0.4, -0.2) is 16.4 Å². The molecule has 0 aliphatic carbocycles. The number of nitriles is 1. The zero-order valence-electron chi connectivity index (χ0n) is 11.3. The molecule has 0 bridgehead atoms. The van der Waals surface area contributed by atoms with E-state index in [-0.39, 0.29) is 16.9 Å². The van der Waals surface area contributed by atoms with Gasteiger partial charge in [-0.15, -0.1) is 0 Å². The van der Waals surface area contributed by atoms with Crippen molar-refractivity contribution in [1.82, 2.24) is 0 Å². The maximum atomic E-state index is 12.1. The maximum absolute atomic E-state index is 12.1. The number of benzene rings is 1. The van der Waals surface area contributed by atoms with E-state index in [1.54, 1.807) is 13.8 Å². The first kappa shape index (κ1) is 15.6. The van der Waals surface area contributed by atoms with Gasteiger partial charge in [-0.25, -0.2) is 0 Å². The fourth-order valence-corrected chi connectivity index (χ4v) is 1.67. The molecule has 0 radical (unpaired) electrons. The molecule has 0 saturated heterocycles. The molecule has 1 rings (SSSR count). The molecule has 0 saturated carbocycles. The van der Waals surface area contributed by atoms with Gasteiger partial charge in [-0.3, -0.25) is 14.9 Å². The Morgan fingerprint density at radius 2 is 2.10 bits per heavy atom. The number of nitrogens with one attached hydrogen (secondary N) is 1. The summed E-state index contributed by atoms with van der Waals surface area (Å²) >= 11 is 0. The highest BCUT2D eigenvalue weighted by atomic mass is 16.6. The second kappa shape index (κ2) is 6.12. The predicted octanol–water partition coefficient (Wildman–Crippen LogP) is 1.92. The molecule has 1 aromatic carbocycles. The highest BCUT2D eigenvalue weighted by Gasteiger charge is 2.30. The van der Waals surface area contributed by atoms with Crippen LogP contribution in [0.5, 0.6) is 0 Å². The Kier molecular flexibility index (Phi) is 4.78. The van der Waals surface area contributed by atoms with Crippen LogP contribution in [0.2, 0.25) is 0 Å². The summed E-state index contributed by atoms with van der Waals surface area (Å²) in [7, 11) is 0. The maximum Gasteiger partial charge on any atom is 0.270 e. The van der Waals surface area contributed by atoms with Crippen molar-refractivity contribution in [2.24, 2.45) is 5.73 Å². The summed E-state index contributed by atoms with van der Waals surface area (Å²) in [5.74, 6) is -0.409. The average Bonchev–Trinajstić information content (AvgIpc) is 2.46. The van der Waals surface area contributed by atoms with Crippen molar-refractivity contribution in [2.75, 3.05) is 5.32 Å². The lowest BCUT2D eigenvalue weighted by Gasteiger charge is -2.25. The lowest BCUT2D eigenvalue weighted by molar-refractivity contribution is -0.384. The predicted molar refractivity (Wildman–Crippen MR) is 73.9 cm³/mol. The normalized spacial score (nSPS) is 10.7. The lowest BCUT2D eigenvalue weighted by Crippen LogP contribution is -2.50. The van der Waals surface area contributed by atoms with E-state index in [1.807, 2.05) is 6.07 Å². The van der Waals surface area contributed by atoms with Crippen molar-refractivity contribution in [3.05, 3.63) is 33.9 Å². The van der Waals surface area contributed by atoms with Gasteiger partial charge in [0.2, 0.25) is 5.91 Å². The number of hydrogen-bond acceptors (Lipinski definition) is 5. The number of nitrogens with zero attached hydrogens (tertiary/aromatic N) is 2. The Hall–Kier alpha value is -2.46. The van der Waals surface area contributed by atoms with Gasteiger partial charge in [0.25, 0.3) is 5.69 Å². The summed E-state index contributed by atoms with van der Waals surface area (Å²) < 4.78 is 0. The quantitative estimate of drug-likeness (QED) is 0.628. The van der Waals surface area contributed by atoms with Gasteiger partial charge in [-0.05, 0) is 18.9 Å². The molecule has 7 nitrogen and oxygen atoms in total. The number of carbonyl (C=O) groups is 1. The van der Waals surface area contributed by atoms with Crippen LogP contribution >= 0.6 is 0 Å². The standard InChI is InChI=1S/C13H16N4O3/c1-3-13(15,4-2)12(18)16-11-6-5-10(17(19)20)7-9(11)8-14/h5-7H,3-4,15H2,1-2H3,(H,16,18). The van der Waals surface area contributed by atoms with Gasteiger partial charge < -0.3 is 11.1 Å². The smallest absolute Gasteiger partial charge is 0.270 e. The van der Waals surface area contributed by atoms with Gasteiger partial charge >= 0.3 is 0 Å². The van der Waals surface area contributed by atoms with Crippen LogP contribution in [0.25, 0.3) is 0 Å². The molecule has 106 valence electrons. The van der Waals surface area contributed by atoms with Crippen LogP contribution in [0.3, 0.4) is 0 Å². The first-order chi connectivity index (χ1) is 9.37. The zero-order valence-corrected chi connectivity index (χ0v) is 11.3. The molecule has 0 fully saturated rings. The minimum Gasteiger partial charge on any atom is -0.323 e. The third-order valence-electron chi connectivity index (χ3n) is 3.30. The number of nitro groups is 1. The lowest BCUT2D eigenvalue weighted by atomic mass is 9.93. The van der Waals surface area contributed by atoms with Crippen LogP contribution in [-0.2, 0) is 4.79 Å². The van der Waals surface area contributed by atoms with Crippen LogP contribution in [0.15, 0.2) is 18.2 Å². The number of anilines is 1. The van der Waals surface area contributed by atoms with Gasteiger partial charge in [-0.1, -0.05) is 13.8 Å². The molecule has 0 aliphatic heterocycles. The summed E-state index contributed by atoms with van der Waals surface area (Å²) in [6, 6.07) is 5.50. The first-order valence-electron chi connectivity index (χ1n) is 6.16. The number of rotatable bonds is 5. The summed E-state index contributed by atoms with van der Waals surface area (Å²) in [5, 5.41) is 22.2. The van der Waals surface area contributed by atoms with Crippen molar-refractivity contribution in [3.8, 4) is 6.07 Å². The van der Waals surface area contributed by atoms with E-state index in [0.717, 1.165) is 6.07 Å². The Bertz CT molecular complexity index is 573. The number of non-ortho nitro benzene ring substituents is 1. The number of amides is 1. The van der Waals surface area contributed by atoms with E-state index in [0.29, 0.717) is 12.8 Å². The molecular weight excluding hydrogens is 260 g/mol. The summed E-state index contributed by atoms with van der Waals surface area (Å²) in [5.41, 5.74) is 4.98. The second-order valence-electron chi connectivity index (χ2n) is 4.42. The van der Waals surface area contributed by atoms with Crippen LogP contribution in [0.4, 0.5) is 11.4 Å². The molecule has 0 spiro atoms. The molecule has 0 heterocycles. The summed E-state index contributed by atoms with van der Waals surface area (Å²) in [6.07, 6.45) is 0.897. The Morgan fingerprint density at radius 3 is 2.55 bits per heavy atom. The molecule has 0 atom stereocenters.